The number of carbonyl (C=O) groups excluding carboxylic acids is 2. The maximum atomic E-state index is 13.5. The highest BCUT2D eigenvalue weighted by Gasteiger charge is 2.27. The predicted octanol–water partition coefficient (Wildman–Crippen LogP) is 4.61. The number of nitrogens with one attached hydrogen (secondary N) is 2. The number of anilines is 1. The molecule has 5 rings (SSSR count). The monoisotopic (exact) mass is 637 g/mol. The van der Waals surface area contributed by atoms with E-state index in [4.69, 9.17) is 14.2 Å². The Morgan fingerprint density at radius 2 is 1.49 bits per heavy atom. The Balaban J connectivity index is 1.23. The highest BCUT2D eigenvalue weighted by molar-refractivity contribution is 7.92. The molecule has 0 saturated heterocycles. The van der Waals surface area contributed by atoms with Crippen molar-refractivity contribution in [2.24, 2.45) is 0 Å². The Labute approximate surface area is 258 Å². The zero-order valence-electron chi connectivity index (χ0n) is 24.0. The summed E-state index contributed by atoms with van der Waals surface area (Å²) in [5.41, 5.74) is 1.57. The number of nitrogens with zero attached hydrogens (tertiary/aromatic N) is 1. The standard InChI is InChI=1S/C32H29F2N3O7S/c1-21(32(39)35-17-23-4-15-29-30(16-23)44-20-43-29)37(18-22-2-5-24(33)6-3-22)31(38)19-42-27-11-13-28(14-12-27)45(40,41)36-26-9-7-25(34)8-10-26/h2-16,21,36H,17-20H2,1H3,(H,35,39)/t21-/m1/s1. The van der Waals surface area contributed by atoms with E-state index < -0.39 is 46.1 Å². The van der Waals surface area contributed by atoms with E-state index in [2.05, 4.69) is 10.0 Å². The Bertz CT molecular complexity index is 1770. The number of carbonyl (C=O) groups is 2. The summed E-state index contributed by atoms with van der Waals surface area (Å²) >= 11 is 0. The fraction of sp³-hybridized carbons (Fsp3) is 0.188. The molecule has 1 aliphatic heterocycles. The van der Waals surface area contributed by atoms with Crippen molar-refractivity contribution in [1.82, 2.24) is 10.2 Å². The van der Waals surface area contributed by atoms with Gasteiger partial charge < -0.3 is 24.4 Å². The van der Waals surface area contributed by atoms with Crippen LogP contribution in [0.1, 0.15) is 18.1 Å². The first kappa shape index (κ1) is 31.3. The normalized spacial score (nSPS) is 12.7. The molecule has 2 amide bonds. The lowest BCUT2D eigenvalue weighted by Gasteiger charge is -2.28. The lowest BCUT2D eigenvalue weighted by molar-refractivity contribution is -0.142. The second-order valence-corrected chi connectivity index (χ2v) is 11.8. The molecule has 0 radical (unpaired) electrons. The summed E-state index contributed by atoms with van der Waals surface area (Å²) in [6.07, 6.45) is 0. The van der Waals surface area contributed by atoms with Crippen molar-refractivity contribution in [2.45, 2.75) is 31.0 Å². The Hall–Kier alpha value is -5.17. The van der Waals surface area contributed by atoms with Gasteiger partial charge in [-0.1, -0.05) is 18.2 Å². The second kappa shape index (κ2) is 13.6. The summed E-state index contributed by atoms with van der Waals surface area (Å²) in [4.78, 5) is 27.8. The van der Waals surface area contributed by atoms with Crippen LogP contribution >= 0.6 is 0 Å². The number of rotatable bonds is 12. The molecule has 4 aromatic rings. The lowest BCUT2D eigenvalue weighted by atomic mass is 10.1. The summed E-state index contributed by atoms with van der Waals surface area (Å²) in [7, 11) is -3.96. The molecule has 1 aliphatic rings. The van der Waals surface area contributed by atoms with Crippen LogP contribution in [0.2, 0.25) is 0 Å². The molecule has 0 bridgehead atoms. The minimum absolute atomic E-state index is 0.00726. The van der Waals surface area contributed by atoms with Gasteiger partial charge in [-0.25, -0.2) is 17.2 Å². The van der Waals surface area contributed by atoms with Gasteiger partial charge in [0.15, 0.2) is 18.1 Å². The van der Waals surface area contributed by atoms with Crippen molar-refractivity contribution in [2.75, 3.05) is 18.1 Å². The van der Waals surface area contributed by atoms with Crippen LogP contribution in [-0.2, 0) is 32.7 Å². The molecule has 0 saturated carbocycles. The average molecular weight is 638 g/mol. The van der Waals surface area contributed by atoms with Crippen LogP contribution in [0.3, 0.4) is 0 Å². The number of hydrogen-bond acceptors (Lipinski definition) is 7. The van der Waals surface area contributed by atoms with E-state index in [1.165, 1.54) is 65.6 Å². The smallest absolute Gasteiger partial charge is 0.261 e. The third-order valence-electron chi connectivity index (χ3n) is 6.93. The third kappa shape index (κ3) is 8.06. The summed E-state index contributed by atoms with van der Waals surface area (Å²) in [6, 6.07) is 20.2. The number of ether oxygens (including phenoxy) is 3. The Morgan fingerprint density at radius 1 is 0.867 bits per heavy atom. The van der Waals surface area contributed by atoms with Crippen LogP contribution < -0.4 is 24.2 Å². The van der Waals surface area contributed by atoms with E-state index in [9.17, 15) is 26.8 Å². The number of benzene rings is 4. The van der Waals surface area contributed by atoms with Gasteiger partial charge in [-0.2, -0.15) is 0 Å². The maximum absolute atomic E-state index is 13.5. The van der Waals surface area contributed by atoms with Gasteiger partial charge >= 0.3 is 0 Å². The molecule has 0 fully saturated rings. The third-order valence-corrected chi connectivity index (χ3v) is 8.33. The first-order valence-corrected chi connectivity index (χ1v) is 15.3. The summed E-state index contributed by atoms with van der Waals surface area (Å²) in [6.45, 7) is 1.43. The van der Waals surface area contributed by atoms with E-state index >= 15 is 0 Å². The zero-order chi connectivity index (χ0) is 32.0. The van der Waals surface area contributed by atoms with Gasteiger partial charge in [-0.15, -0.1) is 0 Å². The fourth-order valence-corrected chi connectivity index (χ4v) is 5.49. The van der Waals surface area contributed by atoms with Gasteiger partial charge in [-0.05, 0) is 90.8 Å². The first-order chi connectivity index (χ1) is 21.6. The van der Waals surface area contributed by atoms with Crippen LogP contribution in [0.25, 0.3) is 0 Å². The van der Waals surface area contributed by atoms with Crippen molar-refractivity contribution in [3.05, 3.63) is 114 Å². The molecule has 0 unspecified atom stereocenters. The fourth-order valence-electron chi connectivity index (χ4n) is 4.43. The van der Waals surface area contributed by atoms with E-state index in [0.717, 1.165) is 17.7 Å². The second-order valence-electron chi connectivity index (χ2n) is 10.1. The molecule has 234 valence electrons. The van der Waals surface area contributed by atoms with Crippen molar-refractivity contribution in [1.29, 1.82) is 0 Å². The molecule has 0 aromatic heterocycles. The molecule has 13 heteroatoms. The molecule has 10 nitrogen and oxygen atoms in total. The molecule has 2 N–H and O–H groups in total. The van der Waals surface area contributed by atoms with E-state index in [1.54, 1.807) is 25.1 Å². The minimum Gasteiger partial charge on any atom is -0.484 e. The topological polar surface area (TPSA) is 123 Å². The van der Waals surface area contributed by atoms with Gasteiger partial charge in [0, 0.05) is 18.8 Å². The zero-order valence-corrected chi connectivity index (χ0v) is 24.9. The molecule has 45 heavy (non-hydrogen) atoms. The molecule has 1 atom stereocenters. The van der Waals surface area contributed by atoms with E-state index in [-0.39, 0.29) is 36.2 Å². The first-order valence-electron chi connectivity index (χ1n) is 13.8. The van der Waals surface area contributed by atoms with Crippen molar-refractivity contribution in [3.63, 3.8) is 0 Å². The molecule has 0 aliphatic carbocycles. The van der Waals surface area contributed by atoms with Gasteiger partial charge in [0.2, 0.25) is 12.7 Å². The molecular weight excluding hydrogens is 608 g/mol. The Morgan fingerprint density at radius 3 is 2.18 bits per heavy atom. The largest absolute Gasteiger partial charge is 0.484 e. The predicted molar refractivity (Wildman–Crippen MR) is 160 cm³/mol. The van der Waals surface area contributed by atoms with Crippen LogP contribution in [0, 0.1) is 11.6 Å². The van der Waals surface area contributed by atoms with Crippen molar-refractivity contribution < 1.29 is 41.0 Å². The average Bonchev–Trinajstić information content (AvgIpc) is 3.51. The van der Waals surface area contributed by atoms with Crippen molar-refractivity contribution >= 4 is 27.5 Å². The van der Waals surface area contributed by atoms with Crippen LogP contribution in [0.4, 0.5) is 14.5 Å². The van der Waals surface area contributed by atoms with Gasteiger partial charge in [0.05, 0.1) is 4.90 Å². The Kier molecular flexibility index (Phi) is 9.48. The van der Waals surface area contributed by atoms with Gasteiger partial charge in [0.25, 0.3) is 15.9 Å². The number of hydrogen-bond donors (Lipinski definition) is 2. The highest BCUT2D eigenvalue weighted by Crippen LogP contribution is 2.32. The molecule has 1 heterocycles. The summed E-state index contributed by atoms with van der Waals surface area (Å²) in [5, 5.41) is 2.82. The van der Waals surface area contributed by atoms with Crippen molar-refractivity contribution in [3.8, 4) is 17.2 Å². The minimum atomic E-state index is -3.96. The molecular formula is C32H29F2N3O7S. The van der Waals surface area contributed by atoms with Crippen LogP contribution in [-0.4, -0.2) is 44.6 Å². The summed E-state index contributed by atoms with van der Waals surface area (Å²) < 4.78 is 70.8. The molecule has 0 spiro atoms. The quantitative estimate of drug-likeness (QED) is 0.233. The number of amides is 2. The number of halogens is 2. The van der Waals surface area contributed by atoms with E-state index in [1.807, 2.05) is 0 Å². The number of sulfonamides is 1. The SMILES string of the molecule is C[C@H](C(=O)NCc1ccc2c(c1)OCO2)N(Cc1ccc(F)cc1)C(=O)COc1ccc(S(=O)(=O)Nc2ccc(F)cc2)cc1. The van der Waals surface area contributed by atoms with Gasteiger partial charge in [-0.3, -0.25) is 14.3 Å². The maximum Gasteiger partial charge on any atom is 0.261 e. The van der Waals surface area contributed by atoms with E-state index in [0.29, 0.717) is 17.1 Å². The summed E-state index contributed by atoms with van der Waals surface area (Å²) in [5.74, 6) is -0.478. The van der Waals surface area contributed by atoms with Crippen LogP contribution in [0.5, 0.6) is 17.2 Å². The van der Waals surface area contributed by atoms with Crippen LogP contribution in [0.15, 0.2) is 95.9 Å². The number of fused-ring (bicyclic) bond motifs is 1. The highest BCUT2D eigenvalue weighted by atomic mass is 32.2. The molecule has 4 aromatic carbocycles. The lowest BCUT2D eigenvalue weighted by Crippen LogP contribution is -2.48. The van der Waals surface area contributed by atoms with Gasteiger partial charge in [0.1, 0.15) is 23.4 Å².